The van der Waals surface area contributed by atoms with Crippen molar-refractivity contribution in [2.24, 2.45) is 11.1 Å². The van der Waals surface area contributed by atoms with E-state index in [9.17, 15) is 0 Å². The summed E-state index contributed by atoms with van der Waals surface area (Å²) in [4.78, 5) is 11.4. The van der Waals surface area contributed by atoms with Gasteiger partial charge in [-0.25, -0.2) is 4.98 Å². The van der Waals surface area contributed by atoms with Gasteiger partial charge in [-0.1, -0.05) is 19.1 Å². The zero-order chi connectivity index (χ0) is 14.2. The van der Waals surface area contributed by atoms with Crippen LogP contribution in [-0.4, -0.2) is 28.9 Å². The number of para-hydroxylation sites is 2. The Balaban J connectivity index is 1.81. The minimum atomic E-state index is -0.166. The Morgan fingerprint density at radius 1 is 1.25 bits per heavy atom. The lowest BCUT2D eigenvalue weighted by atomic mass is 9.79. The fourth-order valence-electron chi connectivity index (χ4n) is 2.60. The van der Waals surface area contributed by atoms with Crippen LogP contribution in [0.15, 0.2) is 30.5 Å². The zero-order valence-electron chi connectivity index (χ0n) is 11.6. The Morgan fingerprint density at radius 3 is 2.55 bits per heavy atom. The molecule has 5 nitrogen and oxygen atoms in total. The van der Waals surface area contributed by atoms with Crippen molar-refractivity contribution in [3.8, 4) is 0 Å². The van der Waals surface area contributed by atoms with Crippen LogP contribution in [0.4, 0.5) is 5.82 Å². The van der Waals surface area contributed by atoms with E-state index in [1.165, 1.54) is 0 Å². The van der Waals surface area contributed by atoms with Crippen molar-refractivity contribution in [1.29, 1.82) is 5.41 Å². The number of benzene rings is 1. The molecule has 0 amide bonds. The van der Waals surface area contributed by atoms with Gasteiger partial charge in [-0.3, -0.25) is 10.4 Å². The highest BCUT2D eigenvalue weighted by Crippen LogP contribution is 2.32. The predicted molar refractivity (Wildman–Crippen MR) is 81.0 cm³/mol. The molecule has 0 radical (unpaired) electrons. The summed E-state index contributed by atoms with van der Waals surface area (Å²) in [5, 5.41) is 7.70. The molecule has 0 atom stereocenters. The van der Waals surface area contributed by atoms with Gasteiger partial charge in [-0.15, -0.1) is 0 Å². The first kappa shape index (κ1) is 12.8. The Kier molecular flexibility index (Phi) is 3.04. The molecule has 0 unspecified atom stereocenters. The molecule has 3 N–H and O–H groups in total. The predicted octanol–water partition coefficient (Wildman–Crippen LogP) is 2.17. The second-order valence-corrected chi connectivity index (χ2v) is 5.68. The number of aromatic nitrogens is 2. The Bertz CT molecular complexity index is 644. The minimum Gasteiger partial charge on any atom is -0.387 e. The lowest BCUT2D eigenvalue weighted by Gasteiger charge is -2.39. The molecule has 2 aromatic rings. The van der Waals surface area contributed by atoms with Crippen LogP contribution >= 0.6 is 0 Å². The van der Waals surface area contributed by atoms with Gasteiger partial charge in [0, 0.05) is 18.5 Å². The van der Waals surface area contributed by atoms with Gasteiger partial charge >= 0.3 is 0 Å². The summed E-state index contributed by atoms with van der Waals surface area (Å²) >= 11 is 0. The summed E-state index contributed by atoms with van der Waals surface area (Å²) in [5.41, 5.74) is 7.37. The first-order chi connectivity index (χ1) is 9.58. The number of hydrogen-bond donors (Lipinski definition) is 2. The molecule has 2 heterocycles. The van der Waals surface area contributed by atoms with E-state index in [4.69, 9.17) is 11.1 Å². The highest BCUT2D eigenvalue weighted by molar-refractivity contribution is 5.83. The van der Waals surface area contributed by atoms with Crippen LogP contribution in [0, 0.1) is 10.8 Å². The lowest BCUT2D eigenvalue weighted by molar-refractivity contribution is 0.350. The summed E-state index contributed by atoms with van der Waals surface area (Å²) in [6, 6.07) is 7.89. The number of anilines is 1. The van der Waals surface area contributed by atoms with Crippen molar-refractivity contribution in [1.82, 2.24) is 9.97 Å². The molecule has 3 rings (SSSR count). The first-order valence-electron chi connectivity index (χ1n) is 6.90. The number of nitrogens with one attached hydrogen (secondary N) is 1. The highest BCUT2D eigenvalue weighted by Gasteiger charge is 2.33. The molecule has 20 heavy (non-hydrogen) atoms. The van der Waals surface area contributed by atoms with E-state index in [-0.39, 0.29) is 5.41 Å². The van der Waals surface area contributed by atoms with E-state index in [1.807, 2.05) is 30.5 Å². The number of amidine groups is 1. The molecular weight excluding hydrogens is 250 g/mol. The van der Waals surface area contributed by atoms with Crippen molar-refractivity contribution in [3.05, 3.63) is 30.5 Å². The van der Waals surface area contributed by atoms with Crippen molar-refractivity contribution in [2.75, 3.05) is 18.0 Å². The molecular formula is C15H19N5. The second kappa shape index (κ2) is 4.74. The van der Waals surface area contributed by atoms with Gasteiger partial charge in [0.15, 0.2) is 0 Å². The molecule has 0 spiro atoms. The van der Waals surface area contributed by atoms with Crippen LogP contribution < -0.4 is 10.6 Å². The number of nitrogens with two attached hydrogens (primary N) is 1. The maximum absolute atomic E-state index is 7.70. The average Bonchev–Trinajstić information content (AvgIpc) is 2.47. The monoisotopic (exact) mass is 269 g/mol. The summed E-state index contributed by atoms with van der Waals surface area (Å²) < 4.78 is 0. The molecule has 5 heteroatoms. The van der Waals surface area contributed by atoms with E-state index in [0.29, 0.717) is 5.84 Å². The van der Waals surface area contributed by atoms with E-state index >= 15 is 0 Å². The van der Waals surface area contributed by atoms with Crippen molar-refractivity contribution in [3.63, 3.8) is 0 Å². The fraction of sp³-hybridized carbons (Fsp3) is 0.400. The highest BCUT2D eigenvalue weighted by atomic mass is 15.2. The molecule has 0 bridgehead atoms. The summed E-state index contributed by atoms with van der Waals surface area (Å²) in [5.74, 6) is 1.20. The summed E-state index contributed by atoms with van der Waals surface area (Å²) in [7, 11) is 0. The van der Waals surface area contributed by atoms with E-state index in [1.54, 1.807) is 0 Å². The van der Waals surface area contributed by atoms with Gasteiger partial charge in [0.25, 0.3) is 0 Å². The molecule has 1 aliphatic rings. The molecule has 0 saturated carbocycles. The van der Waals surface area contributed by atoms with Crippen LogP contribution in [0.3, 0.4) is 0 Å². The van der Waals surface area contributed by atoms with Gasteiger partial charge < -0.3 is 10.6 Å². The quantitative estimate of drug-likeness (QED) is 0.647. The van der Waals surface area contributed by atoms with Crippen LogP contribution in [-0.2, 0) is 0 Å². The van der Waals surface area contributed by atoms with Crippen LogP contribution in [0.25, 0.3) is 11.0 Å². The van der Waals surface area contributed by atoms with Gasteiger partial charge in [0.1, 0.15) is 5.82 Å². The second-order valence-electron chi connectivity index (χ2n) is 5.68. The lowest BCUT2D eigenvalue weighted by Crippen LogP contribution is -2.45. The smallest absolute Gasteiger partial charge is 0.147 e. The number of hydrogen-bond acceptors (Lipinski definition) is 4. The van der Waals surface area contributed by atoms with Crippen LogP contribution in [0.1, 0.15) is 19.8 Å². The molecule has 1 saturated heterocycles. The molecule has 0 aliphatic carbocycles. The van der Waals surface area contributed by atoms with Crippen molar-refractivity contribution in [2.45, 2.75) is 19.8 Å². The van der Waals surface area contributed by atoms with E-state index in [2.05, 4.69) is 21.8 Å². The van der Waals surface area contributed by atoms with Gasteiger partial charge in [0.2, 0.25) is 0 Å². The largest absolute Gasteiger partial charge is 0.387 e. The normalized spacial score (nSPS) is 18.1. The first-order valence-corrected chi connectivity index (χ1v) is 6.90. The van der Waals surface area contributed by atoms with Crippen molar-refractivity contribution < 1.29 is 0 Å². The standard InChI is InChI=1S/C15H19N5/c1-15(14(16)17)6-8-20(9-7-15)13-10-18-11-4-2-3-5-12(11)19-13/h2-5,10H,6-9H2,1H3,(H3,16,17). The molecule has 1 aromatic heterocycles. The SMILES string of the molecule is CC1(C(=N)N)CCN(c2cnc3ccccc3n2)CC1. The Labute approximate surface area is 118 Å². The number of piperidine rings is 1. The maximum Gasteiger partial charge on any atom is 0.147 e. The van der Waals surface area contributed by atoms with Crippen LogP contribution in [0.2, 0.25) is 0 Å². The topological polar surface area (TPSA) is 78.9 Å². The van der Waals surface area contributed by atoms with E-state index < -0.39 is 0 Å². The third-order valence-corrected chi connectivity index (χ3v) is 4.28. The van der Waals surface area contributed by atoms with Gasteiger partial charge in [-0.05, 0) is 25.0 Å². The van der Waals surface area contributed by atoms with Gasteiger partial charge in [0.05, 0.1) is 23.1 Å². The third kappa shape index (κ3) is 2.19. The molecule has 1 aromatic carbocycles. The summed E-state index contributed by atoms with van der Waals surface area (Å²) in [6.07, 6.45) is 3.60. The number of fused-ring (bicyclic) bond motifs is 1. The Morgan fingerprint density at radius 2 is 1.90 bits per heavy atom. The van der Waals surface area contributed by atoms with Crippen LogP contribution in [0.5, 0.6) is 0 Å². The zero-order valence-corrected chi connectivity index (χ0v) is 11.6. The van der Waals surface area contributed by atoms with Gasteiger partial charge in [-0.2, -0.15) is 0 Å². The average molecular weight is 269 g/mol. The number of nitrogens with zero attached hydrogens (tertiary/aromatic N) is 3. The third-order valence-electron chi connectivity index (χ3n) is 4.28. The number of rotatable bonds is 2. The molecule has 104 valence electrons. The fourth-order valence-corrected chi connectivity index (χ4v) is 2.60. The Hall–Kier alpha value is -2.17. The molecule has 1 aliphatic heterocycles. The van der Waals surface area contributed by atoms with E-state index in [0.717, 1.165) is 42.8 Å². The minimum absolute atomic E-state index is 0.166. The van der Waals surface area contributed by atoms with Crippen molar-refractivity contribution >= 4 is 22.7 Å². The summed E-state index contributed by atoms with van der Waals surface area (Å²) in [6.45, 7) is 3.80. The molecule has 1 fully saturated rings. The maximum atomic E-state index is 7.70.